The minimum atomic E-state index is -3.47. The van der Waals surface area contributed by atoms with Gasteiger partial charge in [0.1, 0.15) is 29.1 Å². The number of rotatable bonds is 13. The number of thiol groups is 1. The van der Waals surface area contributed by atoms with E-state index >= 15 is 0 Å². The van der Waals surface area contributed by atoms with E-state index in [2.05, 4.69) is 20.3 Å². The quantitative estimate of drug-likeness (QED) is 0.104. The number of carbonyl (C=O) groups is 2. The van der Waals surface area contributed by atoms with Crippen molar-refractivity contribution in [1.82, 2.24) is 15.0 Å². The predicted molar refractivity (Wildman–Crippen MR) is 177 cm³/mol. The molecule has 3 aromatic carbocycles. The van der Waals surface area contributed by atoms with Crippen molar-refractivity contribution in [2.45, 2.75) is 26.2 Å². The zero-order valence-electron chi connectivity index (χ0n) is 26.2. The third kappa shape index (κ3) is 8.16. The van der Waals surface area contributed by atoms with Crippen molar-refractivity contribution < 1.29 is 41.0 Å². The molecule has 0 saturated heterocycles. The van der Waals surface area contributed by atoms with Crippen LogP contribution in [-0.4, -0.2) is 49.1 Å². The molecule has 5 aromatic rings. The standard InChI is InChI=1S/C33H30F2N6O7S/c1-19-23-13-20(21-14-27(32(46-2)37-17-21)41(49(44)45)26-11-10-22(34)16-24(26)35)15-29(31(23)39-18-38-19)47-12-6-5-9-30(42)40-25-7-3-4-8-28(25)48-33(36)43/h3-4,7-8,10-11,13-18,49H,5-6,9,12H2,1-2H3,(H2,36,43)(H,40,42). The van der Waals surface area contributed by atoms with Crippen molar-refractivity contribution >= 4 is 50.9 Å². The molecule has 0 spiro atoms. The highest BCUT2D eigenvalue weighted by Gasteiger charge is 2.23. The van der Waals surface area contributed by atoms with Gasteiger partial charge in [0.15, 0.2) is 11.6 Å². The lowest BCUT2D eigenvalue weighted by molar-refractivity contribution is -0.116. The van der Waals surface area contributed by atoms with E-state index in [0.717, 1.165) is 12.1 Å². The SMILES string of the molecule is COc1ncc(-c2cc(OCCCCC(=O)Nc3ccccc3OC(N)=O)c3ncnc(C)c3c2)cc1N(c1ccc(F)cc1F)[SH](=O)=O. The first kappa shape index (κ1) is 34.4. The van der Waals surface area contributed by atoms with E-state index in [1.807, 2.05) is 0 Å². The molecule has 0 aliphatic heterocycles. The molecule has 5 rings (SSSR count). The van der Waals surface area contributed by atoms with Gasteiger partial charge in [0.05, 0.1) is 25.1 Å². The summed E-state index contributed by atoms with van der Waals surface area (Å²) >= 11 is 0. The van der Waals surface area contributed by atoms with Crippen molar-refractivity contribution in [1.29, 1.82) is 0 Å². The van der Waals surface area contributed by atoms with E-state index in [1.165, 1.54) is 31.8 Å². The largest absolute Gasteiger partial charge is 0.491 e. The van der Waals surface area contributed by atoms with Crippen molar-refractivity contribution in [2.75, 3.05) is 23.3 Å². The maximum absolute atomic E-state index is 14.8. The molecule has 2 amide bonds. The molecule has 254 valence electrons. The molecule has 0 aliphatic carbocycles. The van der Waals surface area contributed by atoms with Gasteiger partial charge in [-0.05, 0) is 67.8 Å². The Kier molecular flexibility index (Phi) is 10.8. The van der Waals surface area contributed by atoms with E-state index in [-0.39, 0.29) is 36.3 Å². The van der Waals surface area contributed by atoms with Crippen molar-refractivity contribution in [3.05, 3.63) is 90.5 Å². The first-order valence-corrected chi connectivity index (χ1v) is 15.9. The Balaban J connectivity index is 1.37. The number of carbonyl (C=O) groups excluding carboxylic acids is 2. The van der Waals surface area contributed by atoms with Crippen LogP contribution in [0.25, 0.3) is 22.0 Å². The fourth-order valence-electron chi connectivity index (χ4n) is 4.95. The number of hydrogen-bond donors (Lipinski definition) is 3. The lowest BCUT2D eigenvalue weighted by Gasteiger charge is -2.21. The lowest BCUT2D eigenvalue weighted by atomic mass is 10.0. The third-order valence-electron chi connectivity index (χ3n) is 7.22. The van der Waals surface area contributed by atoms with Gasteiger partial charge >= 0.3 is 6.09 Å². The maximum atomic E-state index is 14.8. The number of fused-ring (bicyclic) bond motifs is 1. The van der Waals surface area contributed by atoms with Crippen LogP contribution in [0.2, 0.25) is 0 Å². The lowest BCUT2D eigenvalue weighted by Crippen LogP contribution is -2.18. The van der Waals surface area contributed by atoms with E-state index in [9.17, 15) is 26.8 Å². The highest BCUT2D eigenvalue weighted by atomic mass is 32.2. The van der Waals surface area contributed by atoms with Crippen LogP contribution >= 0.6 is 0 Å². The minimum absolute atomic E-state index is 0.104. The van der Waals surface area contributed by atoms with Crippen LogP contribution in [0.1, 0.15) is 25.0 Å². The van der Waals surface area contributed by atoms with Gasteiger partial charge in [0, 0.05) is 35.3 Å². The Hall–Kier alpha value is -5.90. The van der Waals surface area contributed by atoms with Crippen LogP contribution < -0.4 is 29.6 Å². The molecule has 0 unspecified atom stereocenters. The average molecular weight is 693 g/mol. The van der Waals surface area contributed by atoms with Crippen molar-refractivity contribution in [3.63, 3.8) is 0 Å². The van der Waals surface area contributed by atoms with Gasteiger partial charge in [-0.2, -0.15) is 0 Å². The number of methoxy groups -OCH3 is 1. The zero-order valence-corrected chi connectivity index (χ0v) is 27.1. The number of primary amides is 1. The van der Waals surface area contributed by atoms with Crippen LogP contribution in [0.4, 0.5) is 30.6 Å². The Morgan fingerprint density at radius 1 is 0.939 bits per heavy atom. The fraction of sp³-hybridized carbons (Fsp3) is 0.182. The normalized spacial score (nSPS) is 11.0. The number of halogens is 2. The van der Waals surface area contributed by atoms with Gasteiger partial charge in [0.2, 0.25) is 22.7 Å². The van der Waals surface area contributed by atoms with E-state index < -0.39 is 34.3 Å². The molecule has 3 N–H and O–H groups in total. The minimum Gasteiger partial charge on any atom is -0.491 e. The number of amides is 2. The topological polar surface area (TPSA) is 176 Å². The summed E-state index contributed by atoms with van der Waals surface area (Å²) in [5.41, 5.74) is 7.03. The average Bonchev–Trinajstić information content (AvgIpc) is 3.06. The number of benzene rings is 3. The van der Waals surface area contributed by atoms with E-state index in [0.29, 0.717) is 62.4 Å². The molecular formula is C33H30F2N6O7S. The molecule has 13 nitrogen and oxygen atoms in total. The summed E-state index contributed by atoms with van der Waals surface area (Å²) in [7, 11) is -2.18. The second kappa shape index (κ2) is 15.3. The third-order valence-corrected chi connectivity index (χ3v) is 7.98. The van der Waals surface area contributed by atoms with E-state index in [1.54, 1.807) is 37.3 Å². The number of aryl methyl sites for hydroxylation is 1. The van der Waals surface area contributed by atoms with Crippen LogP contribution in [0.15, 0.2) is 73.2 Å². The molecular weight excluding hydrogens is 662 g/mol. The van der Waals surface area contributed by atoms with Gasteiger partial charge in [-0.1, -0.05) is 12.1 Å². The molecule has 0 aliphatic rings. The second-order valence-corrected chi connectivity index (χ2v) is 11.4. The molecule has 0 fully saturated rings. The first-order chi connectivity index (χ1) is 23.5. The van der Waals surface area contributed by atoms with Crippen LogP contribution in [0.5, 0.6) is 17.4 Å². The monoisotopic (exact) mass is 692 g/mol. The summed E-state index contributed by atoms with van der Waals surface area (Å²) in [4.78, 5) is 36.6. The Morgan fingerprint density at radius 3 is 2.47 bits per heavy atom. The van der Waals surface area contributed by atoms with Gasteiger partial charge in [-0.3, -0.25) is 4.79 Å². The number of ether oxygens (including phenoxy) is 3. The van der Waals surface area contributed by atoms with Gasteiger partial charge < -0.3 is 25.3 Å². The number of para-hydroxylation sites is 2. The number of nitrogens with zero attached hydrogens (tertiary/aromatic N) is 4. The second-order valence-electron chi connectivity index (χ2n) is 10.5. The fourth-order valence-corrected chi connectivity index (χ4v) is 5.61. The number of nitrogens with one attached hydrogen (secondary N) is 1. The Bertz CT molecular complexity index is 2110. The highest BCUT2D eigenvalue weighted by Crippen LogP contribution is 2.39. The first-order valence-electron chi connectivity index (χ1n) is 14.7. The van der Waals surface area contributed by atoms with Gasteiger partial charge in [-0.25, -0.2) is 41.3 Å². The summed E-state index contributed by atoms with van der Waals surface area (Å²) in [5.74, 6) is -1.85. The summed E-state index contributed by atoms with van der Waals surface area (Å²) in [6.07, 6.45) is 2.97. The molecule has 49 heavy (non-hydrogen) atoms. The molecule has 2 aromatic heterocycles. The molecule has 0 atom stereocenters. The highest BCUT2D eigenvalue weighted by molar-refractivity contribution is 7.74. The number of anilines is 3. The molecule has 0 bridgehead atoms. The number of pyridine rings is 1. The smallest absolute Gasteiger partial charge is 0.410 e. The molecule has 16 heteroatoms. The summed E-state index contributed by atoms with van der Waals surface area (Å²) in [6.45, 7) is 2.01. The molecule has 0 radical (unpaired) electrons. The van der Waals surface area contributed by atoms with E-state index in [4.69, 9.17) is 19.9 Å². The van der Waals surface area contributed by atoms with Gasteiger partial charge in [-0.15, -0.1) is 0 Å². The number of unbranched alkanes of at least 4 members (excludes halogenated alkanes) is 1. The number of nitrogens with two attached hydrogens (primary N) is 1. The van der Waals surface area contributed by atoms with Crippen molar-refractivity contribution in [3.8, 4) is 28.5 Å². The Labute approximate surface area is 280 Å². The number of aromatic nitrogens is 3. The van der Waals surface area contributed by atoms with Crippen LogP contribution in [-0.2, 0) is 15.7 Å². The summed E-state index contributed by atoms with van der Waals surface area (Å²) in [5, 5.41) is 3.35. The number of hydrogen-bond acceptors (Lipinski definition) is 10. The van der Waals surface area contributed by atoms with Crippen LogP contribution in [0, 0.1) is 18.6 Å². The predicted octanol–water partition coefficient (Wildman–Crippen LogP) is 5.60. The zero-order chi connectivity index (χ0) is 35.1. The summed E-state index contributed by atoms with van der Waals surface area (Å²) in [6, 6.07) is 13.9. The molecule has 2 heterocycles. The van der Waals surface area contributed by atoms with Gasteiger partial charge in [0.25, 0.3) is 0 Å². The summed E-state index contributed by atoms with van der Waals surface area (Å²) < 4.78 is 70.2. The Morgan fingerprint density at radius 2 is 1.73 bits per heavy atom. The maximum Gasteiger partial charge on any atom is 0.410 e. The van der Waals surface area contributed by atoms with Crippen molar-refractivity contribution in [2.24, 2.45) is 5.73 Å². The van der Waals surface area contributed by atoms with Crippen LogP contribution in [0.3, 0.4) is 0 Å². The molecule has 0 saturated carbocycles.